The number of hydrogen-bond acceptors (Lipinski definition) is 5. The molecule has 2 aromatic rings. The highest BCUT2D eigenvalue weighted by Crippen LogP contribution is 2.31. The van der Waals surface area contributed by atoms with Crippen LogP contribution in [0.25, 0.3) is 10.6 Å². The van der Waals surface area contributed by atoms with Crippen molar-refractivity contribution < 1.29 is 9.59 Å². The fourth-order valence-corrected chi connectivity index (χ4v) is 3.19. The van der Waals surface area contributed by atoms with Crippen LogP contribution in [0, 0.1) is 5.41 Å². The summed E-state index contributed by atoms with van der Waals surface area (Å²) in [5.74, 6) is -0.147. The first-order chi connectivity index (χ1) is 10.4. The fraction of sp³-hybridized carbons (Fsp3) is 0.286. The van der Waals surface area contributed by atoms with E-state index in [1.807, 2.05) is 6.07 Å². The molecule has 0 aromatic carbocycles. The summed E-state index contributed by atoms with van der Waals surface area (Å²) in [5, 5.41) is 9.30. The Balaban J connectivity index is 1.89. The van der Waals surface area contributed by atoms with Crippen LogP contribution < -0.4 is 10.4 Å². The average Bonchev–Trinajstić information content (AvgIpc) is 2.89. The van der Waals surface area contributed by atoms with Crippen molar-refractivity contribution in [3.05, 3.63) is 28.6 Å². The number of carbonyl (C=O) groups is 2. The van der Waals surface area contributed by atoms with E-state index in [9.17, 15) is 9.59 Å². The molecule has 2 amide bonds. The van der Waals surface area contributed by atoms with Crippen molar-refractivity contribution in [2.45, 2.75) is 20.3 Å². The van der Waals surface area contributed by atoms with Crippen molar-refractivity contribution in [3.8, 4) is 10.6 Å². The minimum Gasteiger partial charge on any atom is -0.273 e. The van der Waals surface area contributed by atoms with Gasteiger partial charge in [-0.05, 0) is 24.3 Å². The summed E-state index contributed by atoms with van der Waals surface area (Å²) in [6.07, 6.45) is 0.154. The molecule has 1 aliphatic rings. The highest BCUT2D eigenvalue weighted by molar-refractivity contribution is 7.19. The smallest absolute Gasteiger partial charge is 0.253 e. The lowest BCUT2D eigenvalue weighted by Crippen LogP contribution is -2.58. The van der Waals surface area contributed by atoms with E-state index in [0.717, 1.165) is 9.89 Å². The zero-order chi connectivity index (χ0) is 15.9. The van der Waals surface area contributed by atoms with E-state index in [2.05, 4.69) is 15.6 Å². The number of anilines is 1. The molecule has 0 radical (unpaired) electrons. The molecular formula is C14H13ClN4O2S. The molecule has 1 fully saturated rings. The van der Waals surface area contributed by atoms with Crippen LogP contribution in [0.15, 0.2) is 24.3 Å². The number of hydrogen-bond donors (Lipinski definition) is 1. The van der Waals surface area contributed by atoms with Crippen LogP contribution in [0.1, 0.15) is 20.3 Å². The zero-order valence-electron chi connectivity index (χ0n) is 12.0. The molecule has 0 unspecified atom stereocenters. The van der Waals surface area contributed by atoms with Gasteiger partial charge in [-0.15, -0.1) is 21.5 Å². The Kier molecular flexibility index (Phi) is 3.62. The van der Waals surface area contributed by atoms with Gasteiger partial charge < -0.3 is 0 Å². The van der Waals surface area contributed by atoms with E-state index in [-0.39, 0.29) is 24.1 Å². The van der Waals surface area contributed by atoms with Gasteiger partial charge in [-0.25, -0.2) is 5.01 Å². The molecule has 0 bridgehead atoms. The maximum atomic E-state index is 12.4. The quantitative estimate of drug-likeness (QED) is 0.914. The van der Waals surface area contributed by atoms with Gasteiger partial charge in [0.2, 0.25) is 5.91 Å². The summed E-state index contributed by atoms with van der Waals surface area (Å²) in [6.45, 7) is 3.47. The van der Waals surface area contributed by atoms with Gasteiger partial charge >= 0.3 is 0 Å². The second-order valence-corrected chi connectivity index (χ2v) is 7.33. The molecule has 1 aliphatic heterocycles. The van der Waals surface area contributed by atoms with Gasteiger partial charge in [-0.2, -0.15) is 0 Å². The lowest BCUT2D eigenvalue weighted by Gasteiger charge is -2.35. The van der Waals surface area contributed by atoms with E-state index < -0.39 is 5.41 Å². The highest BCUT2D eigenvalue weighted by Gasteiger charge is 2.41. The molecular weight excluding hydrogens is 324 g/mol. The molecule has 8 heteroatoms. The van der Waals surface area contributed by atoms with E-state index in [0.29, 0.717) is 10.0 Å². The maximum absolute atomic E-state index is 12.4. The zero-order valence-corrected chi connectivity index (χ0v) is 13.5. The molecule has 0 atom stereocenters. The minimum atomic E-state index is -0.760. The van der Waals surface area contributed by atoms with Crippen molar-refractivity contribution >= 4 is 40.6 Å². The Morgan fingerprint density at radius 3 is 2.59 bits per heavy atom. The second-order valence-electron chi connectivity index (χ2n) is 5.62. The number of aromatic nitrogens is 2. The van der Waals surface area contributed by atoms with E-state index >= 15 is 0 Å². The Hall–Kier alpha value is -1.99. The summed E-state index contributed by atoms with van der Waals surface area (Å²) in [5.41, 5.74) is 2.43. The summed E-state index contributed by atoms with van der Waals surface area (Å²) in [7, 11) is 0. The molecule has 0 saturated carbocycles. The van der Waals surface area contributed by atoms with Crippen LogP contribution >= 0.6 is 22.9 Å². The van der Waals surface area contributed by atoms with Gasteiger partial charge in [0.05, 0.1) is 14.6 Å². The molecule has 3 rings (SSSR count). The topological polar surface area (TPSA) is 75.2 Å². The molecule has 114 valence electrons. The number of rotatable bonds is 2. The third-order valence-corrected chi connectivity index (χ3v) is 4.58. The Morgan fingerprint density at radius 2 is 2.00 bits per heavy atom. The van der Waals surface area contributed by atoms with Crippen molar-refractivity contribution in [2.24, 2.45) is 5.41 Å². The third-order valence-electron chi connectivity index (χ3n) is 3.33. The minimum absolute atomic E-state index is 0.154. The van der Waals surface area contributed by atoms with E-state index in [4.69, 9.17) is 11.6 Å². The van der Waals surface area contributed by atoms with Gasteiger partial charge in [-0.1, -0.05) is 25.4 Å². The molecule has 0 aliphatic carbocycles. The predicted molar refractivity (Wildman–Crippen MR) is 84.4 cm³/mol. The van der Waals surface area contributed by atoms with Crippen LogP contribution in [0.3, 0.4) is 0 Å². The first-order valence-electron chi connectivity index (χ1n) is 6.60. The molecule has 2 aromatic heterocycles. The first-order valence-corrected chi connectivity index (χ1v) is 7.80. The van der Waals surface area contributed by atoms with Crippen LogP contribution in [-0.2, 0) is 9.59 Å². The predicted octanol–water partition coefficient (Wildman–Crippen LogP) is 2.65. The van der Waals surface area contributed by atoms with Crippen molar-refractivity contribution in [2.75, 3.05) is 5.01 Å². The summed E-state index contributed by atoms with van der Waals surface area (Å²) < 4.78 is 0.668. The molecule has 6 nitrogen and oxygen atoms in total. The molecule has 0 spiro atoms. The lowest BCUT2D eigenvalue weighted by molar-refractivity contribution is -0.139. The van der Waals surface area contributed by atoms with Crippen LogP contribution in [0.5, 0.6) is 0 Å². The SMILES string of the molecule is CC1(C)CC(=O)NN(c2ccc(-c3ccc(Cl)s3)nn2)C1=O. The largest absolute Gasteiger partial charge is 0.273 e. The lowest BCUT2D eigenvalue weighted by atomic mass is 9.86. The average molecular weight is 337 g/mol. The van der Waals surface area contributed by atoms with Crippen LogP contribution in [0.2, 0.25) is 4.34 Å². The maximum Gasteiger partial charge on any atom is 0.253 e. The van der Waals surface area contributed by atoms with Crippen LogP contribution in [-0.4, -0.2) is 22.0 Å². The monoisotopic (exact) mass is 336 g/mol. The van der Waals surface area contributed by atoms with Gasteiger partial charge in [0, 0.05) is 6.42 Å². The van der Waals surface area contributed by atoms with Gasteiger partial charge in [0.25, 0.3) is 5.91 Å². The molecule has 1 saturated heterocycles. The van der Waals surface area contributed by atoms with E-state index in [1.54, 1.807) is 32.0 Å². The number of hydrazine groups is 1. The van der Waals surface area contributed by atoms with E-state index in [1.165, 1.54) is 11.3 Å². The Morgan fingerprint density at radius 1 is 1.23 bits per heavy atom. The normalized spacial score (nSPS) is 17.5. The van der Waals surface area contributed by atoms with Gasteiger partial charge in [0.15, 0.2) is 5.82 Å². The number of carbonyl (C=O) groups excluding carboxylic acids is 2. The summed E-state index contributed by atoms with van der Waals surface area (Å²) >= 11 is 7.30. The number of nitrogens with zero attached hydrogens (tertiary/aromatic N) is 3. The first kappa shape index (κ1) is 14.9. The number of nitrogens with one attached hydrogen (secondary N) is 1. The van der Waals surface area contributed by atoms with Crippen molar-refractivity contribution in [3.63, 3.8) is 0 Å². The Bertz CT molecular complexity index is 742. The molecule has 1 N–H and O–H groups in total. The summed E-state index contributed by atoms with van der Waals surface area (Å²) in [6, 6.07) is 7.03. The molecule has 3 heterocycles. The second kappa shape index (κ2) is 5.33. The number of amides is 2. The Labute approximate surface area is 136 Å². The number of halogens is 1. The highest BCUT2D eigenvalue weighted by atomic mass is 35.5. The fourth-order valence-electron chi connectivity index (χ4n) is 2.18. The van der Waals surface area contributed by atoms with Crippen molar-refractivity contribution in [1.82, 2.24) is 15.6 Å². The number of thiophene rings is 1. The third kappa shape index (κ3) is 2.69. The van der Waals surface area contributed by atoms with Crippen molar-refractivity contribution in [1.29, 1.82) is 0 Å². The summed E-state index contributed by atoms with van der Waals surface area (Å²) in [4.78, 5) is 25.0. The van der Waals surface area contributed by atoms with Gasteiger partial charge in [0.1, 0.15) is 5.69 Å². The molecule has 22 heavy (non-hydrogen) atoms. The van der Waals surface area contributed by atoms with Gasteiger partial charge in [-0.3, -0.25) is 15.0 Å². The van der Waals surface area contributed by atoms with Crippen LogP contribution in [0.4, 0.5) is 5.82 Å². The standard InChI is InChI=1S/C14H13ClN4O2S/c1-14(2)7-12(20)18-19(13(14)21)11-6-3-8(16-17-11)9-4-5-10(15)22-9/h3-6H,7H2,1-2H3,(H,18,20).